The van der Waals surface area contributed by atoms with Crippen molar-refractivity contribution in [2.24, 2.45) is 0 Å². The number of hydrogen-bond donors (Lipinski definition) is 1. The smallest absolute Gasteiger partial charge is 0.318 e. The zero-order valence-electron chi connectivity index (χ0n) is 30.5. The van der Waals surface area contributed by atoms with E-state index in [0.717, 1.165) is 76.3 Å². The monoisotopic (exact) mass is 808 g/mol. The molecule has 0 aliphatic rings. The van der Waals surface area contributed by atoms with E-state index in [1.807, 2.05) is 48.5 Å². The first-order valence-corrected chi connectivity index (χ1v) is 19.2. The molecule has 4 aromatic carbocycles. The Morgan fingerprint density at radius 2 is 1.00 bits per heavy atom. The largest absolute Gasteiger partial charge is 0.326 e. The lowest BCUT2D eigenvalue weighted by atomic mass is 10.1. The minimum atomic E-state index is -0.307. The average Bonchev–Trinajstić information content (AvgIpc) is 3.75. The predicted molar refractivity (Wildman–Crippen MR) is 222 cm³/mol. The summed E-state index contributed by atoms with van der Waals surface area (Å²) in [5.41, 5.74) is 9.31. The van der Waals surface area contributed by atoms with Crippen molar-refractivity contribution >= 4 is 15.9 Å². The summed E-state index contributed by atoms with van der Waals surface area (Å²) >= 11 is 3.63. The van der Waals surface area contributed by atoms with E-state index in [1.54, 1.807) is 53.6 Å². The molecule has 0 atom stereocenters. The van der Waals surface area contributed by atoms with Gasteiger partial charge in [0.1, 0.15) is 11.6 Å². The predicted octanol–water partition coefficient (Wildman–Crippen LogP) is 10.8. The molecule has 4 aromatic heterocycles. The Morgan fingerprint density at radius 3 is 1.52 bits per heavy atom. The number of hydrogen-bond acceptors (Lipinski definition) is 4. The second-order valence-corrected chi connectivity index (χ2v) is 13.9. The van der Waals surface area contributed by atoms with E-state index in [2.05, 4.69) is 71.8 Å². The molecule has 0 bridgehead atoms. The van der Waals surface area contributed by atoms with Crippen LogP contribution in [0.1, 0.15) is 24.0 Å². The van der Waals surface area contributed by atoms with E-state index in [4.69, 9.17) is 4.98 Å². The lowest BCUT2D eigenvalue weighted by molar-refractivity contribution is 0.627. The molecule has 0 radical (unpaired) electrons. The normalized spacial score (nSPS) is 10.9. The molecule has 0 spiro atoms. The molecule has 10 heteroatoms. The molecule has 0 aliphatic heterocycles. The van der Waals surface area contributed by atoms with Gasteiger partial charge in [0, 0.05) is 60.1 Å². The van der Waals surface area contributed by atoms with Crippen molar-refractivity contribution in [1.29, 1.82) is 0 Å². The number of rotatable bonds is 12. The minimum absolute atomic E-state index is 0.167. The number of pyridine rings is 2. The Hall–Kier alpha value is -6.26. The molecule has 0 unspecified atom stereocenters. The van der Waals surface area contributed by atoms with Gasteiger partial charge < -0.3 is 9.55 Å². The summed E-state index contributed by atoms with van der Waals surface area (Å²) in [6, 6.07) is 41.0. The Kier molecular flexibility index (Phi) is 12.5. The summed E-state index contributed by atoms with van der Waals surface area (Å²) in [6.45, 7) is 1.41. The van der Waals surface area contributed by atoms with Gasteiger partial charge in [0.05, 0.1) is 22.8 Å². The number of aryl methyl sites for hydroxylation is 2. The quantitative estimate of drug-likeness (QED) is 0.133. The van der Waals surface area contributed by atoms with Crippen LogP contribution in [0.5, 0.6) is 0 Å². The Morgan fingerprint density at radius 1 is 0.536 bits per heavy atom. The van der Waals surface area contributed by atoms with Crippen LogP contribution in [0.3, 0.4) is 0 Å². The number of aromatic nitrogens is 6. The Balaban J connectivity index is 0.000000172. The fraction of sp³-hybridized carbons (Fsp3) is 0.130. The summed E-state index contributed by atoms with van der Waals surface area (Å²) < 4.78 is 31.5. The summed E-state index contributed by atoms with van der Waals surface area (Å²) in [5, 5.41) is 0. The van der Waals surface area contributed by atoms with Gasteiger partial charge in [0.15, 0.2) is 4.73 Å². The number of H-pyrrole nitrogens is 1. The van der Waals surface area contributed by atoms with E-state index in [1.165, 1.54) is 35.4 Å². The van der Waals surface area contributed by atoms with Gasteiger partial charge in [-0.25, -0.2) is 18.6 Å². The third-order valence-corrected chi connectivity index (χ3v) is 10.0. The summed E-state index contributed by atoms with van der Waals surface area (Å²) in [5.74, 6) is -0.561. The van der Waals surface area contributed by atoms with E-state index < -0.39 is 0 Å². The second-order valence-electron chi connectivity index (χ2n) is 13.2. The van der Waals surface area contributed by atoms with Gasteiger partial charge >= 0.3 is 5.69 Å². The molecule has 0 saturated heterocycles. The van der Waals surface area contributed by atoms with Crippen LogP contribution in [0.15, 0.2) is 168 Å². The third-order valence-electron chi connectivity index (χ3n) is 9.44. The highest BCUT2D eigenvalue weighted by Crippen LogP contribution is 2.35. The Labute approximate surface area is 332 Å². The molecule has 0 aliphatic carbocycles. The van der Waals surface area contributed by atoms with Gasteiger partial charge in [-0.1, -0.05) is 60.7 Å². The number of nitrogens with zero attached hydrogens (tertiary/aromatic N) is 5. The van der Waals surface area contributed by atoms with Crippen LogP contribution in [0.25, 0.3) is 45.0 Å². The molecular weight excluding hydrogens is 770 g/mol. The molecule has 8 rings (SSSR count). The van der Waals surface area contributed by atoms with E-state index in [9.17, 15) is 13.6 Å². The standard InChI is InChI=1S/C23H19BrFN3.C23H20FN3O/c24-23-27-21(18-8-10-20(25)11-9-18)22(19-12-14-26-15-13-19)28(23)16-4-7-17-5-2-1-3-6-17;24-20-10-8-18(9-11-20)21-22(19-12-14-25-15-13-19)27(23(28)26-21)16-4-7-17-5-2-1-3-6-17/h1-3,5-6,8-15H,4,7,16H2;1-3,5-6,8-15H,4,7,16H2,(H,26,28). The van der Waals surface area contributed by atoms with E-state index in [-0.39, 0.29) is 17.3 Å². The van der Waals surface area contributed by atoms with Crippen molar-refractivity contribution in [2.45, 2.75) is 38.8 Å². The lowest BCUT2D eigenvalue weighted by Crippen LogP contribution is -2.18. The molecule has 0 saturated carbocycles. The van der Waals surface area contributed by atoms with Crippen molar-refractivity contribution in [2.75, 3.05) is 0 Å². The molecule has 8 aromatic rings. The molecule has 280 valence electrons. The fourth-order valence-electron chi connectivity index (χ4n) is 6.73. The maximum absolute atomic E-state index is 13.4. The fourth-order valence-corrected chi connectivity index (χ4v) is 7.26. The second kappa shape index (κ2) is 18.4. The van der Waals surface area contributed by atoms with Crippen LogP contribution in [-0.2, 0) is 25.9 Å². The van der Waals surface area contributed by atoms with Gasteiger partial charge in [-0.05, 0) is 126 Å². The molecule has 0 amide bonds. The van der Waals surface area contributed by atoms with Crippen LogP contribution in [0.4, 0.5) is 8.78 Å². The van der Waals surface area contributed by atoms with Gasteiger partial charge in [0.2, 0.25) is 0 Å². The van der Waals surface area contributed by atoms with Gasteiger partial charge in [-0.2, -0.15) is 0 Å². The van der Waals surface area contributed by atoms with Crippen LogP contribution >= 0.6 is 15.9 Å². The lowest BCUT2D eigenvalue weighted by Gasteiger charge is -2.11. The molecular formula is C46H39BrF2N6O. The topological polar surface area (TPSA) is 81.4 Å². The van der Waals surface area contributed by atoms with Crippen LogP contribution in [0.2, 0.25) is 0 Å². The highest BCUT2D eigenvalue weighted by atomic mass is 79.9. The first kappa shape index (κ1) is 38.0. The highest BCUT2D eigenvalue weighted by Gasteiger charge is 2.20. The molecule has 1 N–H and O–H groups in total. The van der Waals surface area contributed by atoms with Gasteiger partial charge in [-0.15, -0.1) is 0 Å². The van der Waals surface area contributed by atoms with Crippen molar-refractivity contribution in [3.8, 4) is 45.0 Å². The van der Waals surface area contributed by atoms with Crippen molar-refractivity contribution in [3.05, 3.63) is 196 Å². The van der Waals surface area contributed by atoms with Crippen molar-refractivity contribution < 1.29 is 8.78 Å². The van der Waals surface area contributed by atoms with Crippen LogP contribution in [-0.4, -0.2) is 29.1 Å². The van der Waals surface area contributed by atoms with Gasteiger partial charge in [0.25, 0.3) is 0 Å². The zero-order valence-corrected chi connectivity index (χ0v) is 32.1. The first-order valence-electron chi connectivity index (χ1n) is 18.4. The minimum Gasteiger partial charge on any atom is -0.318 e. The maximum Gasteiger partial charge on any atom is 0.326 e. The molecule has 4 heterocycles. The van der Waals surface area contributed by atoms with Crippen molar-refractivity contribution in [1.82, 2.24) is 29.1 Å². The molecule has 0 fully saturated rings. The van der Waals surface area contributed by atoms with E-state index >= 15 is 0 Å². The van der Waals surface area contributed by atoms with Crippen molar-refractivity contribution in [3.63, 3.8) is 0 Å². The highest BCUT2D eigenvalue weighted by molar-refractivity contribution is 9.10. The van der Waals surface area contributed by atoms with Gasteiger partial charge in [-0.3, -0.25) is 14.5 Å². The number of benzene rings is 4. The molecule has 7 nitrogen and oxygen atoms in total. The number of nitrogens with one attached hydrogen (secondary N) is 1. The SMILES string of the molecule is Fc1ccc(-c2nc(Br)n(CCCc3ccccc3)c2-c2ccncc2)cc1.O=c1[nH]c(-c2ccc(F)cc2)c(-c2ccncc2)n1CCCc1ccccc1. The Bertz CT molecular complexity index is 2500. The third kappa shape index (κ3) is 9.33. The number of imidazole rings is 2. The van der Waals surface area contributed by atoms with Crippen LogP contribution in [0, 0.1) is 11.6 Å². The van der Waals surface area contributed by atoms with E-state index in [0.29, 0.717) is 12.2 Å². The number of aromatic amines is 1. The zero-order chi connectivity index (χ0) is 38.7. The molecule has 56 heavy (non-hydrogen) atoms. The first-order chi connectivity index (χ1) is 27.4. The maximum atomic E-state index is 13.4. The summed E-state index contributed by atoms with van der Waals surface area (Å²) in [7, 11) is 0. The average molecular weight is 810 g/mol. The van der Waals surface area contributed by atoms with Crippen LogP contribution < -0.4 is 5.69 Å². The summed E-state index contributed by atoms with van der Waals surface area (Å²) in [6.07, 6.45) is 10.7. The number of halogens is 3. The summed E-state index contributed by atoms with van der Waals surface area (Å²) in [4.78, 5) is 28.7.